The molecule has 3 aliphatic rings. The Morgan fingerprint density at radius 1 is 0.923 bits per heavy atom. The number of benzene rings is 1. The summed E-state index contributed by atoms with van der Waals surface area (Å²) in [6.07, 6.45) is -5.23. The van der Waals surface area contributed by atoms with E-state index in [9.17, 15) is 30.7 Å². The third-order valence-corrected chi connectivity index (χ3v) is 6.37. The first-order chi connectivity index (χ1) is 18.1. The molecule has 0 unspecified atom stereocenters. The molecule has 39 heavy (non-hydrogen) atoms. The van der Waals surface area contributed by atoms with E-state index in [2.05, 4.69) is 9.80 Å². The fourth-order valence-corrected chi connectivity index (χ4v) is 4.55. The van der Waals surface area contributed by atoms with Crippen molar-refractivity contribution in [3.8, 4) is 0 Å². The summed E-state index contributed by atoms with van der Waals surface area (Å²) < 4.78 is 89.5. The summed E-state index contributed by atoms with van der Waals surface area (Å²) in [5.41, 5.74) is 0.778. The average molecular weight is 577 g/mol. The number of halogens is 7. The number of morpholine rings is 1. The summed E-state index contributed by atoms with van der Waals surface area (Å²) in [6, 6.07) is 7.12. The van der Waals surface area contributed by atoms with Gasteiger partial charge in [-0.15, -0.1) is 0 Å². The van der Waals surface area contributed by atoms with Crippen LogP contribution in [0.1, 0.15) is 31.2 Å². The number of nitrogens with zero attached hydrogens (tertiary/aromatic N) is 2. The molecule has 3 saturated heterocycles. The van der Waals surface area contributed by atoms with E-state index in [1.807, 2.05) is 12.1 Å². The van der Waals surface area contributed by atoms with E-state index in [0.717, 1.165) is 70.8 Å². The molecule has 0 bridgehead atoms. The van der Waals surface area contributed by atoms with Gasteiger partial charge >= 0.3 is 24.3 Å². The van der Waals surface area contributed by atoms with Crippen molar-refractivity contribution in [1.29, 1.82) is 0 Å². The number of aliphatic carboxylic acids is 2. The van der Waals surface area contributed by atoms with Crippen LogP contribution in [0.5, 0.6) is 0 Å². The van der Waals surface area contributed by atoms with Crippen LogP contribution >= 0.6 is 0 Å². The van der Waals surface area contributed by atoms with Gasteiger partial charge in [-0.25, -0.2) is 14.0 Å². The van der Waals surface area contributed by atoms with E-state index >= 15 is 0 Å². The Kier molecular flexibility index (Phi) is 11.9. The average Bonchev–Trinajstić information content (AvgIpc) is 3.22. The fraction of sp³-hybridized carbons (Fsp3) is 0.667. The van der Waals surface area contributed by atoms with E-state index in [4.69, 9.17) is 29.3 Å². The highest BCUT2D eigenvalue weighted by atomic mass is 19.4. The van der Waals surface area contributed by atoms with Gasteiger partial charge in [0.2, 0.25) is 0 Å². The Morgan fingerprint density at radius 2 is 1.49 bits per heavy atom. The number of carboxylic acids is 2. The molecule has 0 saturated carbocycles. The van der Waals surface area contributed by atoms with Gasteiger partial charge < -0.3 is 19.7 Å². The monoisotopic (exact) mass is 576 g/mol. The zero-order chi connectivity index (χ0) is 29.3. The van der Waals surface area contributed by atoms with E-state index in [0.29, 0.717) is 12.6 Å². The van der Waals surface area contributed by atoms with Gasteiger partial charge in [-0.05, 0) is 31.7 Å². The Labute approximate surface area is 220 Å². The van der Waals surface area contributed by atoms with Gasteiger partial charge in [0, 0.05) is 44.8 Å². The summed E-state index contributed by atoms with van der Waals surface area (Å²) in [4.78, 5) is 22.6. The van der Waals surface area contributed by atoms with Crippen molar-refractivity contribution in [1.82, 2.24) is 9.80 Å². The lowest BCUT2D eigenvalue weighted by atomic mass is 9.90. The van der Waals surface area contributed by atoms with E-state index in [1.54, 1.807) is 12.1 Å². The minimum Gasteiger partial charge on any atom is -0.475 e. The molecule has 8 nitrogen and oxygen atoms in total. The number of alkyl halides is 6. The van der Waals surface area contributed by atoms with Crippen LogP contribution in [0, 0.1) is 5.82 Å². The first-order valence-corrected chi connectivity index (χ1v) is 12.2. The number of rotatable bonds is 4. The highest BCUT2D eigenvalue weighted by Gasteiger charge is 2.43. The van der Waals surface area contributed by atoms with Gasteiger partial charge in [0.25, 0.3) is 0 Å². The van der Waals surface area contributed by atoms with Crippen molar-refractivity contribution >= 4 is 11.9 Å². The first kappa shape index (κ1) is 32.7. The minimum atomic E-state index is -5.08. The van der Waals surface area contributed by atoms with Crippen LogP contribution < -0.4 is 0 Å². The summed E-state index contributed by atoms with van der Waals surface area (Å²) >= 11 is 0. The second-order valence-corrected chi connectivity index (χ2v) is 9.39. The van der Waals surface area contributed by atoms with Gasteiger partial charge in [-0.3, -0.25) is 9.80 Å². The SMILES string of the molecule is Fc1ccccc1CN1CC[C@]2(CCC[C@@H](CN3CCOCC3)O2)C1.O=C(O)C(F)(F)F.O=C(O)C(F)(F)F. The van der Waals surface area contributed by atoms with Crippen molar-refractivity contribution in [3.05, 3.63) is 35.6 Å². The molecule has 0 amide bonds. The number of hydrogen-bond acceptors (Lipinski definition) is 6. The van der Waals surface area contributed by atoms with Crippen molar-refractivity contribution in [3.63, 3.8) is 0 Å². The van der Waals surface area contributed by atoms with Crippen molar-refractivity contribution < 1.29 is 60.0 Å². The zero-order valence-corrected chi connectivity index (χ0v) is 20.9. The topological polar surface area (TPSA) is 99.5 Å². The molecule has 0 aromatic heterocycles. The zero-order valence-electron chi connectivity index (χ0n) is 20.9. The number of ether oxygens (including phenoxy) is 2. The molecular formula is C24H31F7N2O6. The van der Waals surface area contributed by atoms with Crippen LogP contribution in [-0.4, -0.2) is 102 Å². The number of hydrogen-bond donors (Lipinski definition) is 2. The lowest BCUT2D eigenvalue weighted by molar-refractivity contribution is -0.193. The molecule has 0 radical (unpaired) electrons. The second kappa shape index (κ2) is 14.2. The largest absolute Gasteiger partial charge is 0.490 e. The molecule has 1 spiro atoms. The lowest BCUT2D eigenvalue weighted by Crippen LogP contribution is -2.48. The standard InChI is InChI=1S/C20H29FN2O2.2C2HF3O2/c21-19-6-2-1-4-17(19)14-23-9-8-20(16-23)7-3-5-18(25-20)15-22-10-12-24-13-11-22;2*3-2(4,5)1(6)7/h1-2,4,6,18H,3,5,7-16H2;2*(H,6,7)/t18-,20+;;/m0../s1. The molecule has 2 N–H and O–H groups in total. The fourth-order valence-electron chi connectivity index (χ4n) is 4.55. The third-order valence-electron chi connectivity index (χ3n) is 6.37. The second-order valence-electron chi connectivity index (χ2n) is 9.39. The Bertz CT molecular complexity index is 916. The van der Waals surface area contributed by atoms with Crippen molar-refractivity contribution in [2.24, 2.45) is 0 Å². The smallest absolute Gasteiger partial charge is 0.475 e. The molecule has 1 aromatic carbocycles. The van der Waals surface area contributed by atoms with Crippen molar-refractivity contribution in [2.45, 2.75) is 56.3 Å². The molecule has 222 valence electrons. The molecule has 2 atom stereocenters. The maximum absolute atomic E-state index is 13.9. The van der Waals surface area contributed by atoms with Crippen LogP contribution in [-0.2, 0) is 25.6 Å². The van der Waals surface area contributed by atoms with Crippen LogP contribution in [0.4, 0.5) is 30.7 Å². The molecule has 0 aliphatic carbocycles. The molecule has 3 aliphatic heterocycles. The van der Waals surface area contributed by atoms with Gasteiger partial charge in [-0.1, -0.05) is 18.2 Å². The molecular weight excluding hydrogens is 545 g/mol. The van der Waals surface area contributed by atoms with Crippen LogP contribution in [0.2, 0.25) is 0 Å². The maximum atomic E-state index is 13.9. The predicted molar refractivity (Wildman–Crippen MR) is 122 cm³/mol. The summed E-state index contributed by atoms with van der Waals surface area (Å²) in [5.74, 6) is -5.61. The number of carbonyl (C=O) groups is 2. The van der Waals surface area contributed by atoms with E-state index in [1.165, 1.54) is 6.42 Å². The highest BCUT2D eigenvalue weighted by molar-refractivity contribution is 5.73. The Hall–Kier alpha value is -2.49. The maximum Gasteiger partial charge on any atom is 0.490 e. The van der Waals surface area contributed by atoms with Crippen LogP contribution in [0.15, 0.2) is 24.3 Å². The van der Waals surface area contributed by atoms with Gasteiger partial charge in [0.1, 0.15) is 5.82 Å². The Balaban J connectivity index is 0.000000317. The predicted octanol–water partition coefficient (Wildman–Crippen LogP) is 3.94. The molecule has 15 heteroatoms. The number of likely N-dealkylation sites (tertiary alicyclic amines) is 1. The third kappa shape index (κ3) is 11.3. The molecule has 1 aromatic rings. The summed E-state index contributed by atoms with van der Waals surface area (Å²) in [5, 5.41) is 14.2. The van der Waals surface area contributed by atoms with Crippen LogP contribution in [0.25, 0.3) is 0 Å². The quantitative estimate of drug-likeness (QED) is 0.521. The minimum absolute atomic E-state index is 0.0134. The summed E-state index contributed by atoms with van der Waals surface area (Å²) in [6.45, 7) is 7.37. The van der Waals surface area contributed by atoms with Crippen LogP contribution in [0.3, 0.4) is 0 Å². The highest BCUT2D eigenvalue weighted by Crippen LogP contribution is 2.37. The van der Waals surface area contributed by atoms with Gasteiger partial charge in [0.15, 0.2) is 0 Å². The van der Waals surface area contributed by atoms with Crippen molar-refractivity contribution in [2.75, 3.05) is 45.9 Å². The number of carboxylic acid groups (broad SMARTS) is 2. The van der Waals surface area contributed by atoms with Gasteiger partial charge in [-0.2, -0.15) is 26.3 Å². The van der Waals surface area contributed by atoms with E-state index in [-0.39, 0.29) is 11.4 Å². The molecule has 4 rings (SSSR count). The molecule has 3 heterocycles. The normalized spacial score (nSPS) is 24.3. The lowest BCUT2D eigenvalue weighted by Gasteiger charge is -2.41. The van der Waals surface area contributed by atoms with E-state index < -0.39 is 24.3 Å². The Morgan fingerprint density at radius 3 is 2.03 bits per heavy atom. The first-order valence-electron chi connectivity index (χ1n) is 12.2. The molecule has 3 fully saturated rings. The van der Waals surface area contributed by atoms with Gasteiger partial charge in [0.05, 0.1) is 24.9 Å². The summed E-state index contributed by atoms with van der Waals surface area (Å²) in [7, 11) is 0.